The fraction of sp³-hybridized carbons (Fsp3) is 0.533. The van der Waals surface area contributed by atoms with Crippen LogP contribution in [-0.2, 0) is 11.3 Å². The first kappa shape index (κ1) is 15.9. The van der Waals surface area contributed by atoms with Gasteiger partial charge in [-0.3, -0.25) is 4.79 Å². The van der Waals surface area contributed by atoms with Gasteiger partial charge < -0.3 is 20.1 Å². The van der Waals surface area contributed by atoms with Crippen molar-refractivity contribution in [1.29, 1.82) is 0 Å². The van der Waals surface area contributed by atoms with Crippen LogP contribution in [0.3, 0.4) is 0 Å². The van der Waals surface area contributed by atoms with E-state index < -0.39 is 0 Å². The molecule has 2 aliphatic heterocycles. The maximum absolute atomic E-state index is 12.0. The molecule has 1 amide bonds. The molecule has 2 N–H and O–H groups in total. The Morgan fingerprint density at radius 1 is 1.24 bits per heavy atom. The molecule has 1 saturated heterocycles. The van der Waals surface area contributed by atoms with Crippen molar-refractivity contribution in [1.82, 2.24) is 10.6 Å². The Bertz CT molecular complexity index is 490. The summed E-state index contributed by atoms with van der Waals surface area (Å²) >= 11 is 0. The second-order valence-electron chi connectivity index (χ2n) is 5.20. The van der Waals surface area contributed by atoms with Crippen LogP contribution in [0.5, 0.6) is 11.5 Å². The lowest BCUT2D eigenvalue weighted by Gasteiger charge is -2.23. The fourth-order valence-corrected chi connectivity index (χ4v) is 2.59. The molecule has 6 heteroatoms. The summed E-state index contributed by atoms with van der Waals surface area (Å²) in [5.41, 5.74) is 1.03. The highest BCUT2D eigenvalue weighted by atomic mass is 35.5. The summed E-state index contributed by atoms with van der Waals surface area (Å²) in [5.74, 6) is 1.62. The van der Waals surface area contributed by atoms with E-state index in [1.807, 2.05) is 18.2 Å². The van der Waals surface area contributed by atoms with Crippen molar-refractivity contribution in [3.05, 3.63) is 23.8 Å². The van der Waals surface area contributed by atoms with Crippen LogP contribution in [0.4, 0.5) is 0 Å². The lowest BCUT2D eigenvalue weighted by molar-refractivity contribution is -0.123. The van der Waals surface area contributed by atoms with Crippen molar-refractivity contribution in [3.63, 3.8) is 0 Å². The summed E-state index contributed by atoms with van der Waals surface area (Å²) in [6.45, 7) is 2.63. The SMILES string of the molecule is Cl.O=C(NCc1ccc2c(c1)OCCO2)[C@H]1CCCCN1. The zero-order valence-corrected chi connectivity index (χ0v) is 12.7. The second-order valence-corrected chi connectivity index (χ2v) is 5.20. The predicted octanol–water partition coefficient (Wildman–Crippen LogP) is 1.64. The van der Waals surface area contributed by atoms with Crippen LogP contribution in [0.25, 0.3) is 0 Å². The molecule has 0 spiro atoms. The van der Waals surface area contributed by atoms with E-state index in [1.165, 1.54) is 0 Å². The maximum atomic E-state index is 12.0. The largest absolute Gasteiger partial charge is 0.486 e. The van der Waals surface area contributed by atoms with Gasteiger partial charge in [-0.1, -0.05) is 12.5 Å². The molecule has 3 rings (SSSR count). The quantitative estimate of drug-likeness (QED) is 0.891. The lowest BCUT2D eigenvalue weighted by atomic mass is 10.0. The Hall–Kier alpha value is -1.46. The minimum Gasteiger partial charge on any atom is -0.486 e. The van der Waals surface area contributed by atoms with E-state index in [4.69, 9.17) is 9.47 Å². The van der Waals surface area contributed by atoms with Crippen LogP contribution in [0.1, 0.15) is 24.8 Å². The summed E-state index contributed by atoms with van der Waals surface area (Å²) in [5, 5.41) is 6.23. The number of piperidine rings is 1. The molecule has 1 aromatic rings. The Labute approximate surface area is 130 Å². The van der Waals surface area contributed by atoms with Crippen molar-refractivity contribution in [2.75, 3.05) is 19.8 Å². The first-order valence-corrected chi connectivity index (χ1v) is 7.22. The number of amides is 1. The third-order valence-electron chi connectivity index (χ3n) is 3.70. The van der Waals surface area contributed by atoms with Crippen LogP contribution < -0.4 is 20.1 Å². The minimum absolute atomic E-state index is 0. The lowest BCUT2D eigenvalue weighted by Crippen LogP contribution is -2.46. The molecule has 116 valence electrons. The number of carbonyl (C=O) groups excluding carboxylic acids is 1. The molecule has 0 unspecified atom stereocenters. The number of benzene rings is 1. The standard InChI is InChI=1S/C15H20N2O3.ClH/c18-15(12-3-1-2-6-16-12)17-10-11-4-5-13-14(9-11)20-8-7-19-13;/h4-5,9,12,16H,1-3,6-8,10H2,(H,17,18);1H/t12-;/m1./s1. The highest BCUT2D eigenvalue weighted by molar-refractivity contribution is 5.85. The molecule has 1 aromatic carbocycles. The van der Waals surface area contributed by atoms with Crippen molar-refractivity contribution in [3.8, 4) is 11.5 Å². The zero-order chi connectivity index (χ0) is 13.8. The first-order chi connectivity index (χ1) is 9.83. The molecule has 1 fully saturated rings. The molecule has 0 saturated carbocycles. The summed E-state index contributed by atoms with van der Waals surface area (Å²) < 4.78 is 11.0. The number of carbonyl (C=O) groups is 1. The molecule has 21 heavy (non-hydrogen) atoms. The van der Waals surface area contributed by atoms with Gasteiger partial charge in [-0.05, 0) is 37.1 Å². The van der Waals surface area contributed by atoms with Crippen LogP contribution in [0.15, 0.2) is 18.2 Å². The van der Waals surface area contributed by atoms with Gasteiger partial charge in [-0.2, -0.15) is 0 Å². The Morgan fingerprint density at radius 2 is 2.05 bits per heavy atom. The zero-order valence-electron chi connectivity index (χ0n) is 11.9. The van der Waals surface area contributed by atoms with Gasteiger partial charge in [-0.25, -0.2) is 0 Å². The van der Waals surface area contributed by atoms with Crippen molar-refractivity contribution in [2.45, 2.75) is 31.8 Å². The third-order valence-corrected chi connectivity index (χ3v) is 3.70. The van der Waals surface area contributed by atoms with Crippen LogP contribution in [-0.4, -0.2) is 31.7 Å². The Morgan fingerprint density at radius 3 is 2.81 bits per heavy atom. The molecule has 5 nitrogen and oxygen atoms in total. The van der Waals surface area contributed by atoms with Crippen molar-refractivity contribution < 1.29 is 14.3 Å². The van der Waals surface area contributed by atoms with Crippen LogP contribution in [0.2, 0.25) is 0 Å². The Kier molecular flexibility index (Phi) is 5.70. The van der Waals surface area contributed by atoms with E-state index in [-0.39, 0.29) is 24.4 Å². The highest BCUT2D eigenvalue weighted by Crippen LogP contribution is 2.30. The van der Waals surface area contributed by atoms with Gasteiger partial charge in [-0.15, -0.1) is 12.4 Å². The van der Waals surface area contributed by atoms with E-state index in [0.29, 0.717) is 19.8 Å². The van der Waals surface area contributed by atoms with Crippen LogP contribution in [0, 0.1) is 0 Å². The number of hydrogen-bond donors (Lipinski definition) is 2. The molecular formula is C15H21ClN2O3. The van der Waals surface area contributed by atoms with E-state index in [1.54, 1.807) is 0 Å². The highest BCUT2D eigenvalue weighted by Gasteiger charge is 2.20. The third kappa shape index (κ3) is 4.02. The van der Waals surface area contributed by atoms with Gasteiger partial charge in [0.15, 0.2) is 11.5 Å². The van der Waals surface area contributed by atoms with Gasteiger partial charge >= 0.3 is 0 Å². The molecule has 0 radical (unpaired) electrons. The maximum Gasteiger partial charge on any atom is 0.237 e. The number of halogens is 1. The normalized spacial score (nSPS) is 20.3. The summed E-state index contributed by atoms with van der Waals surface area (Å²) in [7, 11) is 0. The smallest absolute Gasteiger partial charge is 0.237 e. The Balaban J connectivity index is 0.00000161. The monoisotopic (exact) mass is 312 g/mol. The molecule has 0 bridgehead atoms. The van der Waals surface area contributed by atoms with E-state index in [0.717, 1.165) is 42.9 Å². The molecule has 0 aliphatic carbocycles. The van der Waals surface area contributed by atoms with E-state index >= 15 is 0 Å². The minimum atomic E-state index is -0.0408. The summed E-state index contributed by atoms with van der Waals surface area (Å²) in [6.07, 6.45) is 3.20. The van der Waals surface area contributed by atoms with Gasteiger partial charge in [0, 0.05) is 6.54 Å². The summed E-state index contributed by atoms with van der Waals surface area (Å²) in [4.78, 5) is 12.0. The van der Waals surface area contributed by atoms with Gasteiger partial charge in [0.2, 0.25) is 5.91 Å². The molecule has 0 aromatic heterocycles. The topological polar surface area (TPSA) is 59.6 Å². The second kappa shape index (κ2) is 7.52. The molecular weight excluding hydrogens is 292 g/mol. The molecule has 1 atom stereocenters. The average molecular weight is 313 g/mol. The number of nitrogens with one attached hydrogen (secondary N) is 2. The van der Waals surface area contributed by atoms with Crippen molar-refractivity contribution >= 4 is 18.3 Å². The van der Waals surface area contributed by atoms with Crippen LogP contribution >= 0.6 is 12.4 Å². The average Bonchev–Trinajstić information content (AvgIpc) is 2.53. The molecule has 2 aliphatic rings. The fourth-order valence-electron chi connectivity index (χ4n) is 2.59. The van der Waals surface area contributed by atoms with E-state index in [9.17, 15) is 4.79 Å². The van der Waals surface area contributed by atoms with Gasteiger partial charge in [0.25, 0.3) is 0 Å². The molecule has 2 heterocycles. The number of hydrogen-bond acceptors (Lipinski definition) is 4. The predicted molar refractivity (Wildman–Crippen MR) is 82.2 cm³/mol. The first-order valence-electron chi connectivity index (χ1n) is 7.22. The van der Waals surface area contributed by atoms with Gasteiger partial charge in [0.1, 0.15) is 13.2 Å². The van der Waals surface area contributed by atoms with Gasteiger partial charge in [0.05, 0.1) is 6.04 Å². The van der Waals surface area contributed by atoms with Crippen molar-refractivity contribution in [2.24, 2.45) is 0 Å². The van der Waals surface area contributed by atoms with E-state index in [2.05, 4.69) is 10.6 Å². The number of rotatable bonds is 3. The number of fused-ring (bicyclic) bond motifs is 1. The summed E-state index contributed by atoms with van der Waals surface area (Å²) in [6, 6.07) is 5.75. The number of ether oxygens (including phenoxy) is 2.